The van der Waals surface area contributed by atoms with Gasteiger partial charge in [0.1, 0.15) is 0 Å². The number of rotatable bonds is 5. The van der Waals surface area contributed by atoms with E-state index in [-0.39, 0.29) is 59.4 Å². The van der Waals surface area contributed by atoms with Gasteiger partial charge < -0.3 is 11.1 Å². The Morgan fingerprint density at radius 1 is 1.42 bits per heavy atom. The Bertz CT molecular complexity index is 373. The Morgan fingerprint density at radius 3 is 2.47 bits per heavy atom. The van der Waals surface area contributed by atoms with E-state index in [2.05, 4.69) is 26.1 Å². The minimum atomic E-state index is -3.87. The van der Waals surface area contributed by atoms with Gasteiger partial charge in [-0.15, -0.1) is 0 Å². The molecule has 1 rings (SSSR count). The molecule has 1 aliphatic carbocycles. The van der Waals surface area contributed by atoms with Gasteiger partial charge in [0.05, 0.1) is 5.75 Å². The maximum absolute atomic E-state index is 10.6. The molecule has 110 valence electrons. The van der Waals surface area contributed by atoms with Crippen molar-refractivity contribution < 1.29 is 13.0 Å². The summed E-state index contributed by atoms with van der Waals surface area (Å²) >= 11 is 0. The Balaban J connectivity index is 0.00000324. The molecular formula is C12H27N2NaO3S. The first-order chi connectivity index (χ1) is 8.09. The van der Waals surface area contributed by atoms with Gasteiger partial charge in [0, 0.05) is 18.6 Å². The Labute approximate surface area is 139 Å². The molecule has 0 aliphatic heterocycles. The van der Waals surface area contributed by atoms with Crippen molar-refractivity contribution in [1.82, 2.24) is 5.32 Å². The fraction of sp³-hybridized carbons (Fsp3) is 1.00. The molecule has 0 aromatic carbocycles. The van der Waals surface area contributed by atoms with Crippen molar-refractivity contribution in [1.29, 1.82) is 0 Å². The molecule has 3 unspecified atom stereocenters. The van der Waals surface area contributed by atoms with Crippen LogP contribution in [0.25, 0.3) is 0 Å². The van der Waals surface area contributed by atoms with E-state index in [9.17, 15) is 8.42 Å². The quantitative estimate of drug-likeness (QED) is 0.504. The van der Waals surface area contributed by atoms with Gasteiger partial charge in [0.15, 0.2) is 0 Å². The summed E-state index contributed by atoms with van der Waals surface area (Å²) < 4.78 is 30.0. The summed E-state index contributed by atoms with van der Waals surface area (Å²) in [7, 11) is -3.87. The van der Waals surface area contributed by atoms with Crippen molar-refractivity contribution in [2.24, 2.45) is 17.1 Å². The molecule has 1 fully saturated rings. The van der Waals surface area contributed by atoms with Gasteiger partial charge in [-0.3, -0.25) is 4.55 Å². The van der Waals surface area contributed by atoms with E-state index in [0.717, 1.165) is 19.3 Å². The second kappa shape index (κ2) is 7.73. The van der Waals surface area contributed by atoms with Crippen molar-refractivity contribution in [3.05, 3.63) is 0 Å². The standard InChI is InChI=1S/C12H26N2O3S.Na.H/c1-9(14-4-5-18(15,16)17)10-6-11(13)8-12(2,3)7-10;;/h9-11,14H,4-8,13H2,1-3H3,(H,15,16,17);;. The van der Waals surface area contributed by atoms with Crippen LogP contribution in [0.3, 0.4) is 0 Å². The van der Waals surface area contributed by atoms with Crippen LogP contribution in [0.5, 0.6) is 0 Å². The fourth-order valence-corrected chi connectivity index (χ4v) is 3.40. The van der Waals surface area contributed by atoms with Crippen LogP contribution in [-0.2, 0) is 10.1 Å². The topological polar surface area (TPSA) is 92.4 Å². The van der Waals surface area contributed by atoms with Crippen LogP contribution in [0, 0.1) is 11.3 Å². The van der Waals surface area contributed by atoms with Crippen molar-refractivity contribution in [3.63, 3.8) is 0 Å². The molecule has 0 amide bonds. The molecule has 0 heterocycles. The van der Waals surface area contributed by atoms with E-state index < -0.39 is 10.1 Å². The Hall–Kier alpha value is 0.830. The third kappa shape index (κ3) is 7.99. The van der Waals surface area contributed by atoms with Gasteiger partial charge in [0.25, 0.3) is 10.1 Å². The Kier molecular flexibility index (Phi) is 8.07. The van der Waals surface area contributed by atoms with E-state index in [1.165, 1.54) is 0 Å². The third-order valence-electron chi connectivity index (χ3n) is 3.77. The molecule has 1 saturated carbocycles. The minimum absolute atomic E-state index is 0. The molecular weight excluding hydrogens is 275 g/mol. The van der Waals surface area contributed by atoms with Crippen molar-refractivity contribution in [2.75, 3.05) is 12.3 Å². The first kappa shape index (κ1) is 19.8. The molecule has 0 bridgehead atoms. The molecule has 3 atom stereocenters. The van der Waals surface area contributed by atoms with E-state index in [1.54, 1.807) is 0 Å². The molecule has 0 spiro atoms. The summed E-state index contributed by atoms with van der Waals surface area (Å²) in [4.78, 5) is 0. The number of nitrogens with one attached hydrogen (secondary N) is 1. The van der Waals surface area contributed by atoms with Gasteiger partial charge in [-0.1, -0.05) is 13.8 Å². The average Bonchev–Trinajstić information content (AvgIpc) is 2.11. The monoisotopic (exact) mass is 302 g/mol. The van der Waals surface area contributed by atoms with Crippen LogP contribution in [0.15, 0.2) is 0 Å². The van der Waals surface area contributed by atoms with Gasteiger partial charge in [-0.25, -0.2) is 0 Å². The van der Waals surface area contributed by atoms with Crippen LogP contribution in [0.4, 0.5) is 0 Å². The number of hydrogen-bond acceptors (Lipinski definition) is 4. The molecule has 0 radical (unpaired) electrons. The molecule has 0 aromatic rings. The predicted octanol–water partition coefficient (Wildman–Crippen LogP) is 0.357. The second-order valence-corrected chi connectivity index (χ2v) is 7.93. The molecule has 0 aromatic heterocycles. The SMILES string of the molecule is CC(NCCS(=O)(=O)O)C1CC(N)CC(C)(C)C1.[NaH]. The zero-order valence-electron chi connectivity index (χ0n) is 11.5. The van der Waals surface area contributed by atoms with Gasteiger partial charge in [0.2, 0.25) is 0 Å². The molecule has 5 nitrogen and oxygen atoms in total. The third-order valence-corrected chi connectivity index (χ3v) is 4.49. The van der Waals surface area contributed by atoms with Crippen LogP contribution >= 0.6 is 0 Å². The van der Waals surface area contributed by atoms with Crippen LogP contribution in [0.2, 0.25) is 0 Å². The summed E-state index contributed by atoms with van der Waals surface area (Å²) in [6.07, 6.45) is 3.12. The molecule has 19 heavy (non-hydrogen) atoms. The van der Waals surface area contributed by atoms with Crippen LogP contribution in [-0.4, -0.2) is 66.9 Å². The summed E-state index contributed by atoms with van der Waals surface area (Å²) in [5.41, 5.74) is 6.32. The molecule has 1 aliphatic rings. The van der Waals surface area contributed by atoms with E-state index in [4.69, 9.17) is 10.3 Å². The summed E-state index contributed by atoms with van der Waals surface area (Å²) in [5.74, 6) is 0.226. The second-order valence-electron chi connectivity index (χ2n) is 6.36. The molecule has 0 saturated heterocycles. The van der Waals surface area contributed by atoms with Gasteiger partial charge in [-0.2, -0.15) is 8.42 Å². The van der Waals surface area contributed by atoms with Gasteiger partial charge >= 0.3 is 29.6 Å². The van der Waals surface area contributed by atoms with Gasteiger partial charge in [-0.05, 0) is 37.5 Å². The van der Waals surface area contributed by atoms with Crippen molar-refractivity contribution in [2.45, 2.75) is 52.1 Å². The molecule has 7 heteroatoms. The normalized spacial score (nSPS) is 28.5. The van der Waals surface area contributed by atoms with E-state index >= 15 is 0 Å². The first-order valence-corrected chi connectivity index (χ1v) is 8.14. The van der Waals surface area contributed by atoms with Crippen molar-refractivity contribution >= 4 is 39.7 Å². The zero-order valence-corrected chi connectivity index (χ0v) is 12.3. The maximum atomic E-state index is 10.6. The van der Waals surface area contributed by atoms with E-state index in [0.29, 0.717) is 5.92 Å². The van der Waals surface area contributed by atoms with E-state index in [1.807, 2.05) is 0 Å². The molecule has 4 N–H and O–H groups in total. The Morgan fingerprint density at radius 2 is 2.00 bits per heavy atom. The number of hydrogen-bond donors (Lipinski definition) is 3. The zero-order chi connectivity index (χ0) is 14.0. The number of nitrogens with two attached hydrogens (primary N) is 1. The predicted molar refractivity (Wildman–Crippen MR) is 80.1 cm³/mol. The average molecular weight is 302 g/mol. The van der Waals surface area contributed by atoms with Crippen LogP contribution in [0.1, 0.15) is 40.0 Å². The summed E-state index contributed by atoms with van der Waals surface area (Å²) in [5, 5.41) is 3.17. The fourth-order valence-electron chi connectivity index (χ4n) is 3.02. The first-order valence-electron chi connectivity index (χ1n) is 6.53. The van der Waals surface area contributed by atoms with Crippen molar-refractivity contribution in [3.8, 4) is 0 Å². The van der Waals surface area contributed by atoms with Crippen LogP contribution < -0.4 is 11.1 Å². The summed E-state index contributed by atoms with van der Waals surface area (Å²) in [6.45, 7) is 6.79. The summed E-state index contributed by atoms with van der Waals surface area (Å²) in [6, 6.07) is 0.446.